The molecule has 2 aliphatic heterocycles. The minimum absolute atomic E-state index is 0.238. The van der Waals surface area contributed by atoms with Crippen LogP contribution in [0.15, 0.2) is 30.3 Å². The first-order valence-electron chi connectivity index (χ1n) is 7.69. The van der Waals surface area contributed by atoms with Crippen LogP contribution in [0.25, 0.3) is 0 Å². The van der Waals surface area contributed by atoms with E-state index in [1.807, 2.05) is 27.5 Å². The summed E-state index contributed by atoms with van der Waals surface area (Å²) in [5, 5.41) is 2.86. The molecule has 0 atom stereocenters. The summed E-state index contributed by atoms with van der Waals surface area (Å²) in [6.45, 7) is 3.23. The van der Waals surface area contributed by atoms with Crippen LogP contribution >= 0.6 is 7.59 Å². The number of nitrogens with one attached hydrogen (secondary N) is 1. The molecule has 1 aromatic rings. The summed E-state index contributed by atoms with van der Waals surface area (Å²) in [7, 11) is -2.97. The Hall–Kier alpha value is -1.16. The van der Waals surface area contributed by atoms with Crippen LogP contribution in [0.1, 0.15) is 36.0 Å². The molecule has 2 fully saturated rings. The van der Waals surface area contributed by atoms with E-state index in [1.165, 1.54) is 0 Å². The monoisotopic (exact) mass is 307 g/mol. The molecule has 0 radical (unpaired) electrons. The zero-order valence-electron chi connectivity index (χ0n) is 12.2. The summed E-state index contributed by atoms with van der Waals surface area (Å²) in [5.74, 6) is -0.238. The van der Waals surface area contributed by atoms with Crippen molar-refractivity contribution in [3.8, 4) is 0 Å². The molecule has 2 saturated heterocycles. The van der Waals surface area contributed by atoms with E-state index in [1.54, 1.807) is 12.1 Å². The molecule has 6 heteroatoms. The Morgan fingerprint density at radius 3 is 1.86 bits per heavy atom. The molecular weight excluding hydrogens is 285 g/mol. The van der Waals surface area contributed by atoms with E-state index in [4.69, 9.17) is 0 Å². The van der Waals surface area contributed by atoms with Gasteiger partial charge in [0, 0.05) is 31.7 Å². The van der Waals surface area contributed by atoms with Crippen molar-refractivity contribution in [3.63, 3.8) is 0 Å². The molecule has 2 heterocycles. The van der Waals surface area contributed by atoms with E-state index >= 15 is 0 Å². The van der Waals surface area contributed by atoms with E-state index in [0.717, 1.165) is 51.9 Å². The summed E-state index contributed by atoms with van der Waals surface area (Å²) >= 11 is 0. The highest BCUT2D eigenvalue weighted by Gasteiger charge is 2.41. The van der Waals surface area contributed by atoms with Gasteiger partial charge in [-0.2, -0.15) is 0 Å². The van der Waals surface area contributed by atoms with Gasteiger partial charge in [0.25, 0.3) is 5.91 Å². The molecule has 1 N–H and O–H groups in total. The Bertz CT molecular complexity index is 517. The van der Waals surface area contributed by atoms with Crippen molar-refractivity contribution in [1.82, 2.24) is 14.4 Å². The lowest BCUT2D eigenvalue weighted by Gasteiger charge is -2.34. The number of nitrogens with zero attached hydrogens (tertiary/aromatic N) is 2. The molecule has 1 aromatic carbocycles. The van der Waals surface area contributed by atoms with Gasteiger partial charge >= 0.3 is 7.59 Å². The summed E-state index contributed by atoms with van der Waals surface area (Å²) in [6.07, 6.45) is 4.22. The fourth-order valence-corrected chi connectivity index (χ4v) is 5.73. The van der Waals surface area contributed by atoms with E-state index in [0.29, 0.717) is 5.56 Å². The molecule has 5 nitrogen and oxygen atoms in total. The molecule has 21 heavy (non-hydrogen) atoms. The lowest BCUT2D eigenvalue weighted by Crippen LogP contribution is -2.38. The first-order valence-corrected chi connectivity index (χ1v) is 9.30. The number of carbonyl (C=O) groups excluding carboxylic acids is 1. The van der Waals surface area contributed by atoms with Crippen LogP contribution in [-0.2, 0) is 4.57 Å². The van der Waals surface area contributed by atoms with Crippen LogP contribution in [0.5, 0.6) is 0 Å². The van der Waals surface area contributed by atoms with Gasteiger partial charge in [0.2, 0.25) is 0 Å². The SMILES string of the molecule is O=C(NP(=O)(N1CCCC1)N1CCCC1)c1ccccc1. The lowest BCUT2D eigenvalue weighted by molar-refractivity contribution is 0.0975. The van der Waals surface area contributed by atoms with Crippen LogP contribution in [0.2, 0.25) is 0 Å². The van der Waals surface area contributed by atoms with Crippen molar-refractivity contribution in [2.24, 2.45) is 0 Å². The van der Waals surface area contributed by atoms with Gasteiger partial charge in [0.1, 0.15) is 0 Å². The van der Waals surface area contributed by atoms with Gasteiger partial charge in [-0.25, -0.2) is 9.34 Å². The van der Waals surface area contributed by atoms with Crippen molar-refractivity contribution in [3.05, 3.63) is 35.9 Å². The Balaban J connectivity index is 1.82. The predicted octanol–water partition coefficient (Wildman–Crippen LogP) is 2.72. The molecule has 0 bridgehead atoms. The number of benzene rings is 1. The maximum Gasteiger partial charge on any atom is 0.311 e. The minimum atomic E-state index is -2.97. The second-order valence-corrected chi connectivity index (χ2v) is 8.12. The van der Waals surface area contributed by atoms with Gasteiger partial charge in [-0.3, -0.25) is 14.4 Å². The maximum absolute atomic E-state index is 13.5. The molecule has 2 aliphatic rings. The molecule has 114 valence electrons. The highest BCUT2D eigenvalue weighted by Crippen LogP contribution is 2.52. The lowest BCUT2D eigenvalue weighted by atomic mass is 10.2. The third kappa shape index (κ3) is 3.05. The zero-order valence-corrected chi connectivity index (χ0v) is 13.1. The first kappa shape index (κ1) is 14.8. The van der Waals surface area contributed by atoms with Gasteiger partial charge in [0.15, 0.2) is 0 Å². The van der Waals surface area contributed by atoms with Gasteiger partial charge in [-0.1, -0.05) is 18.2 Å². The fraction of sp³-hybridized carbons (Fsp3) is 0.533. The second kappa shape index (κ2) is 6.30. The van der Waals surface area contributed by atoms with Gasteiger partial charge in [0.05, 0.1) is 0 Å². The molecule has 0 aliphatic carbocycles. The Kier molecular flexibility index (Phi) is 4.43. The highest BCUT2D eigenvalue weighted by molar-refractivity contribution is 7.57. The van der Waals surface area contributed by atoms with E-state index in [2.05, 4.69) is 5.09 Å². The number of carbonyl (C=O) groups is 1. The molecular formula is C15H22N3O2P. The number of amides is 1. The Labute approximate surface area is 125 Å². The minimum Gasteiger partial charge on any atom is -0.279 e. The molecule has 0 aromatic heterocycles. The van der Waals surface area contributed by atoms with Crippen LogP contribution in [0.4, 0.5) is 0 Å². The maximum atomic E-state index is 13.5. The van der Waals surface area contributed by atoms with Gasteiger partial charge in [-0.15, -0.1) is 0 Å². The van der Waals surface area contributed by atoms with Crippen LogP contribution in [0.3, 0.4) is 0 Å². The normalized spacial score (nSPS) is 20.8. The van der Waals surface area contributed by atoms with Crippen molar-refractivity contribution in [1.29, 1.82) is 0 Å². The Morgan fingerprint density at radius 2 is 1.38 bits per heavy atom. The molecule has 0 saturated carbocycles. The van der Waals surface area contributed by atoms with E-state index in [-0.39, 0.29) is 5.91 Å². The summed E-state index contributed by atoms with van der Waals surface area (Å²) in [5.41, 5.74) is 0.566. The number of hydrogen-bond acceptors (Lipinski definition) is 2. The molecule has 1 amide bonds. The third-order valence-electron chi connectivity index (χ3n) is 4.21. The molecule has 0 spiro atoms. The average molecular weight is 307 g/mol. The summed E-state index contributed by atoms with van der Waals surface area (Å²) in [4.78, 5) is 12.4. The van der Waals surface area contributed by atoms with Crippen molar-refractivity contribution >= 4 is 13.5 Å². The third-order valence-corrected chi connectivity index (χ3v) is 7.04. The molecule has 3 rings (SSSR count). The standard InChI is InChI=1S/C15H22N3O2P/c19-15(14-8-2-1-3-9-14)16-21(20,17-10-4-5-11-17)18-12-6-7-13-18/h1-3,8-9H,4-7,10-13H2,(H,16,19,20). The van der Waals surface area contributed by atoms with Gasteiger partial charge in [-0.05, 0) is 37.8 Å². The Morgan fingerprint density at radius 1 is 0.905 bits per heavy atom. The van der Waals surface area contributed by atoms with E-state index < -0.39 is 7.59 Å². The summed E-state index contributed by atoms with van der Waals surface area (Å²) < 4.78 is 17.5. The zero-order chi connectivity index (χ0) is 14.7. The van der Waals surface area contributed by atoms with Crippen molar-refractivity contribution in [2.45, 2.75) is 25.7 Å². The molecule has 0 unspecified atom stereocenters. The van der Waals surface area contributed by atoms with Crippen molar-refractivity contribution < 1.29 is 9.36 Å². The van der Waals surface area contributed by atoms with Crippen LogP contribution in [0, 0.1) is 0 Å². The van der Waals surface area contributed by atoms with Crippen molar-refractivity contribution in [2.75, 3.05) is 26.2 Å². The largest absolute Gasteiger partial charge is 0.311 e. The first-order chi connectivity index (χ1) is 10.2. The van der Waals surface area contributed by atoms with Crippen LogP contribution < -0.4 is 5.09 Å². The van der Waals surface area contributed by atoms with Crippen LogP contribution in [-0.4, -0.2) is 41.4 Å². The quantitative estimate of drug-likeness (QED) is 0.869. The average Bonchev–Trinajstić information content (AvgIpc) is 3.21. The van der Waals surface area contributed by atoms with Gasteiger partial charge < -0.3 is 0 Å². The summed E-state index contributed by atoms with van der Waals surface area (Å²) in [6, 6.07) is 9.04. The van der Waals surface area contributed by atoms with E-state index in [9.17, 15) is 9.36 Å². The topological polar surface area (TPSA) is 52.7 Å². The highest BCUT2D eigenvalue weighted by atomic mass is 31.2. The number of hydrogen-bond donors (Lipinski definition) is 1. The smallest absolute Gasteiger partial charge is 0.279 e. The number of rotatable bonds is 4. The second-order valence-electron chi connectivity index (χ2n) is 5.67. The predicted molar refractivity (Wildman–Crippen MR) is 83.1 cm³/mol. The fourth-order valence-electron chi connectivity index (χ4n) is 3.05.